The quantitative estimate of drug-likeness (QED) is 0.376. The van der Waals surface area contributed by atoms with Crippen LogP contribution < -0.4 is 20.5 Å². The summed E-state index contributed by atoms with van der Waals surface area (Å²) in [4.78, 5) is 25.6. The second-order valence-corrected chi connectivity index (χ2v) is 8.62. The van der Waals surface area contributed by atoms with E-state index in [-0.39, 0.29) is 41.9 Å². The van der Waals surface area contributed by atoms with Crippen molar-refractivity contribution in [2.45, 2.75) is 26.7 Å². The number of nitrogens with zero attached hydrogens (tertiary/aromatic N) is 1. The molecule has 1 aliphatic rings. The van der Waals surface area contributed by atoms with Gasteiger partial charge in [0.15, 0.2) is 18.1 Å². The molecule has 4 rings (SSSR count). The maximum atomic E-state index is 12.8. The minimum atomic E-state index is -0.828. The number of amides is 1. The minimum absolute atomic E-state index is 0.0780. The van der Waals surface area contributed by atoms with Crippen LogP contribution in [0, 0.1) is 11.3 Å². The van der Waals surface area contributed by atoms with E-state index in [1.165, 1.54) is 0 Å². The van der Waals surface area contributed by atoms with Crippen LogP contribution in [0.4, 0.5) is 5.69 Å². The van der Waals surface area contributed by atoms with E-state index < -0.39 is 11.9 Å². The van der Waals surface area contributed by atoms with Crippen LogP contribution in [0.15, 0.2) is 83.5 Å². The molecule has 0 aliphatic carbocycles. The van der Waals surface area contributed by atoms with E-state index in [0.717, 1.165) is 10.8 Å². The summed E-state index contributed by atoms with van der Waals surface area (Å²) in [6.07, 6.45) is 0. The molecule has 0 radical (unpaired) electrons. The molecule has 1 heterocycles. The number of rotatable bonds is 9. The van der Waals surface area contributed by atoms with Crippen LogP contribution in [0.1, 0.15) is 32.3 Å². The average molecular weight is 528 g/mol. The fourth-order valence-corrected chi connectivity index (χ4v) is 4.44. The van der Waals surface area contributed by atoms with Gasteiger partial charge in [0.25, 0.3) is 5.91 Å². The molecule has 3 aromatic carbocycles. The predicted octanol–water partition coefficient (Wildman–Crippen LogP) is 4.90. The van der Waals surface area contributed by atoms with Gasteiger partial charge in [-0.1, -0.05) is 42.5 Å². The predicted molar refractivity (Wildman–Crippen MR) is 146 cm³/mol. The van der Waals surface area contributed by atoms with Gasteiger partial charge in [0, 0.05) is 11.1 Å². The van der Waals surface area contributed by atoms with E-state index in [1.54, 1.807) is 32.0 Å². The van der Waals surface area contributed by atoms with Crippen molar-refractivity contribution in [3.05, 3.63) is 89.0 Å². The highest BCUT2D eigenvalue weighted by atomic mass is 16.5. The SMILES string of the molecule is CCOC(=O)C1=C(C)OC(N)=C(C#N)C1c1ccc(OCC(=O)Nc2cccc3ccccc23)c(OCC)c1. The molecule has 0 spiro atoms. The first-order valence-corrected chi connectivity index (χ1v) is 12.5. The fraction of sp³-hybridized carbons (Fsp3) is 0.233. The number of anilines is 1. The number of nitrogens with one attached hydrogen (secondary N) is 1. The first-order valence-electron chi connectivity index (χ1n) is 12.5. The molecule has 1 unspecified atom stereocenters. The molecule has 1 atom stereocenters. The standard InChI is InChI=1S/C30H29N3O6/c1-4-36-25-15-20(28-22(16-31)29(32)39-18(3)27(28)30(35)37-5-2)13-14-24(25)38-17-26(34)33-23-12-8-10-19-9-6-7-11-21(19)23/h6-15,28H,4-5,17,32H2,1-3H3,(H,33,34). The lowest BCUT2D eigenvalue weighted by Gasteiger charge is -2.27. The zero-order valence-corrected chi connectivity index (χ0v) is 21.9. The highest BCUT2D eigenvalue weighted by Gasteiger charge is 2.36. The largest absolute Gasteiger partial charge is 0.490 e. The van der Waals surface area contributed by atoms with Gasteiger partial charge in [0.2, 0.25) is 5.88 Å². The molecular weight excluding hydrogens is 498 g/mol. The summed E-state index contributed by atoms with van der Waals surface area (Å²) in [7, 11) is 0. The Kier molecular flexibility index (Phi) is 8.37. The van der Waals surface area contributed by atoms with Gasteiger partial charge in [0.1, 0.15) is 17.4 Å². The van der Waals surface area contributed by atoms with Crippen LogP contribution in [0.2, 0.25) is 0 Å². The van der Waals surface area contributed by atoms with Gasteiger partial charge in [-0.25, -0.2) is 4.79 Å². The van der Waals surface area contributed by atoms with Crippen molar-refractivity contribution in [3.63, 3.8) is 0 Å². The average Bonchev–Trinajstić information content (AvgIpc) is 2.92. The van der Waals surface area contributed by atoms with Gasteiger partial charge in [0.05, 0.1) is 24.7 Å². The van der Waals surface area contributed by atoms with Crippen molar-refractivity contribution in [2.75, 3.05) is 25.1 Å². The molecule has 1 amide bonds. The number of allylic oxidation sites excluding steroid dienone is 2. The Morgan fingerprint density at radius 1 is 1.03 bits per heavy atom. The summed E-state index contributed by atoms with van der Waals surface area (Å²) < 4.78 is 22.3. The van der Waals surface area contributed by atoms with Crippen LogP contribution in [-0.2, 0) is 19.1 Å². The van der Waals surface area contributed by atoms with Crippen molar-refractivity contribution in [1.29, 1.82) is 5.26 Å². The van der Waals surface area contributed by atoms with Crippen molar-refractivity contribution in [2.24, 2.45) is 5.73 Å². The molecule has 0 saturated heterocycles. The minimum Gasteiger partial charge on any atom is -0.490 e. The third-order valence-corrected chi connectivity index (χ3v) is 6.12. The number of nitrogens with two attached hydrogens (primary N) is 1. The van der Waals surface area contributed by atoms with Gasteiger partial charge >= 0.3 is 5.97 Å². The summed E-state index contributed by atoms with van der Waals surface area (Å²) in [5.74, 6) is -0.942. The molecule has 0 saturated carbocycles. The van der Waals surface area contributed by atoms with Crippen molar-refractivity contribution in [1.82, 2.24) is 0 Å². The van der Waals surface area contributed by atoms with E-state index in [4.69, 9.17) is 24.7 Å². The van der Waals surface area contributed by atoms with Crippen LogP contribution in [0.5, 0.6) is 11.5 Å². The molecule has 9 nitrogen and oxygen atoms in total. The summed E-state index contributed by atoms with van der Waals surface area (Å²) in [6.45, 7) is 5.31. The fourth-order valence-electron chi connectivity index (χ4n) is 4.44. The number of benzene rings is 3. The maximum Gasteiger partial charge on any atom is 0.338 e. The second kappa shape index (κ2) is 12.0. The van der Waals surface area contributed by atoms with Gasteiger partial charge in [-0.2, -0.15) is 5.26 Å². The van der Waals surface area contributed by atoms with E-state index >= 15 is 0 Å². The summed E-state index contributed by atoms with van der Waals surface area (Å²) in [6, 6.07) is 20.5. The maximum absolute atomic E-state index is 12.8. The molecule has 0 bridgehead atoms. The molecule has 1 aliphatic heterocycles. The van der Waals surface area contributed by atoms with Gasteiger partial charge in [-0.05, 0) is 49.9 Å². The number of hydrogen-bond donors (Lipinski definition) is 2. The third-order valence-electron chi connectivity index (χ3n) is 6.12. The molecule has 3 aromatic rings. The van der Waals surface area contributed by atoms with Crippen LogP contribution in [0.25, 0.3) is 10.8 Å². The van der Waals surface area contributed by atoms with E-state index in [2.05, 4.69) is 11.4 Å². The lowest BCUT2D eigenvalue weighted by atomic mass is 9.83. The highest BCUT2D eigenvalue weighted by Crippen LogP contribution is 2.42. The smallest absolute Gasteiger partial charge is 0.338 e. The normalized spacial score (nSPS) is 14.9. The monoisotopic (exact) mass is 527 g/mol. The van der Waals surface area contributed by atoms with Crippen LogP contribution in [-0.4, -0.2) is 31.7 Å². The Labute approximate surface area is 226 Å². The summed E-state index contributed by atoms with van der Waals surface area (Å²) >= 11 is 0. The van der Waals surface area contributed by atoms with Gasteiger partial charge in [-0.3, -0.25) is 4.79 Å². The van der Waals surface area contributed by atoms with Gasteiger partial charge in [-0.15, -0.1) is 0 Å². The first kappa shape index (κ1) is 27.1. The third kappa shape index (κ3) is 5.80. The number of fused-ring (bicyclic) bond motifs is 1. The number of carbonyl (C=O) groups excluding carboxylic acids is 2. The Morgan fingerprint density at radius 3 is 2.54 bits per heavy atom. The molecule has 3 N–H and O–H groups in total. The Balaban J connectivity index is 1.59. The van der Waals surface area contributed by atoms with Crippen molar-refractivity contribution < 1.29 is 28.5 Å². The number of hydrogen-bond acceptors (Lipinski definition) is 8. The van der Waals surface area contributed by atoms with Crippen molar-refractivity contribution >= 4 is 28.3 Å². The van der Waals surface area contributed by atoms with Crippen LogP contribution >= 0.6 is 0 Å². The summed E-state index contributed by atoms with van der Waals surface area (Å²) in [5, 5.41) is 14.6. The molecule has 200 valence electrons. The number of esters is 1. The summed E-state index contributed by atoms with van der Waals surface area (Å²) in [5.41, 5.74) is 7.49. The molecule has 9 heteroatoms. The number of nitriles is 1. The Bertz CT molecular complexity index is 1510. The molecular formula is C30H29N3O6. The zero-order valence-electron chi connectivity index (χ0n) is 21.9. The zero-order chi connectivity index (χ0) is 27.9. The second-order valence-electron chi connectivity index (χ2n) is 8.62. The number of carbonyl (C=O) groups is 2. The van der Waals surface area contributed by atoms with E-state index in [0.29, 0.717) is 29.4 Å². The Morgan fingerprint density at radius 2 is 1.79 bits per heavy atom. The van der Waals surface area contributed by atoms with Crippen molar-refractivity contribution in [3.8, 4) is 17.6 Å². The molecule has 0 fully saturated rings. The van der Waals surface area contributed by atoms with Gasteiger partial charge < -0.3 is 30.0 Å². The lowest BCUT2D eigenvalue weighted by molar-refractivity contribution is -0.139. The highest BCUT2D eigenvalue weighted by molar-refractivity contribution is 6.02. The molecule has 39 heavy (non-hydrogen) atoms. The van der Waals surface area contributed by atoms with E-state index in [9.17, 15) is 14.9 Å². The van der Waals surface area contributed by atoms with Crippen LogP contribution in [0.3, 0.4) is 0 Å². The first-order chi connectivity index (χ1) is 18.9. The molecule has 0 aromatic heterocycles. The Hall–Kier alpha value is -4.97. The van der Waals surface area contributed by atoms with E-state index in [1.807, 2.05) is 49.4 Å². The number of ether oxygens (including phenoxy) is 4. The topological polar surface area (TPSA) is 133 Å². The lowest BCUT2D eigenvalue weighted by Crippen LogP contribution is -2.25.